The highest BCUT2D eigenvalue weighted by molar-refractivity contribution is 5.78. The van der Waals surface area contributed by atoms with Gasteiger partial charge in [0.05, 0.1) is 5.56 Å². The summed E-state index contributed by atoms with van der Waals surface area (Å²) in [6.45, 7) is 8.59. The summed E-state index contributed by atoms with van der Waals surface area (Å²) < 4.78 is 11.6. The number of benzene rings is 1. The standard InChI is InChI=1S/C23H27N5O3/c1-16(2)22-25-26-23(31-22)18-8-6-10-24-21(18)28-13-11-27(12-14-28)20(29)15-30-19-9-5-4-7-17(19)3/h4-10,16H,11-15H2,1-3H3. The highest BCUT2D eigenvalue weighted by atomic mass is 16.5. The van der Waals surface area contributed by atoms with Gasteiger partial charge in [0.25, 0.3) is 11.8 Å². The van der Waals surface area contributed by atoms with Gasteiger partial charge in [0.1, 0.15) is 11.6 Å². The van der Waals surface area contributed by atoms with Crippen molar-refractivity contribution in [2.45, 2.75) is 26.7 Å². The molecule has 2 aromatic heterocycles. The Kier molecular flexibility index (Phi) is 6.16. The SMILES string of the molecule is Cc1ccccc1OCC(=O)N1CCN(c2ncccc2-c2nnc(C(C)C)o2)CC1. The summed E-state index contributed by atoms with van der Waals surface area (Å²) in [6.07, 6.45) is 1.76. The molecule has 1 aromatic carbocycles. The van der Waals surface area contributed by atoms with E-state index in [9.17, 15) is 4.79 Å². The molecule has 1 aliphatic rings. The van der Waals surface area contributed by atoms with Gasteiger partial charge in [-0.15, -0.1) is 10.2 Å². The predicted molar refractivity (Wildman–Crippen MR) is 117 cm³/mol. The molecule has 0 atom stereocenters. The number of nitrogens with zero attached hydrogens (tertiary/aromatic N) is 5. The molecule has 1 saturated heterocycles. The van der Waals surface area contributed by atoms with Crippen molar-refractivity contribution in [2.75, 3.05) is 37.7 Å². The number of ether oxygens (including phenoxy) is 1. The molecule has 3 aromatic rings. The Morgan fingerprint density at radius 3 is 2.58 bits per heavy atom. The Hall–Kier alpha value is -3.42. The third-order valence-electron chi connectivity index (χ3n) is 5.33. The summed E-state index contributed by atoms with van der Waals surface area (Å²) in [7, 11) is 0. The number of carbonyl (C=O) groups is 1. The summed E-state index contributed by atoms with van der Waals surface area (Å²) in [5, 5.41) is 8.34. The molecule has 0 bridgehead atoms. The second-order valence-electron chi connectivity index (χ2n) is 7.90. The van der Waals surface area contributed by atoms with Gasteiger partial charge >= 0.3 is 0 Å². The molecule has 1 amide bonds. The van der Waals surface area contributed by atoms with Gasteiger partial charge in [0.15, 0.2) is 6.61 Å². The van der Waals surface area contributed by atoms with E-state index < -0.39 is 0 Å². The minimum Gasteiger partial charge on any atom is -0.484 e. The van der Waals surface area contributed by atoms with Gasteiger partial charge in [0.2, 0.25) is 5.89 Å². The molecule has 0 N–H and O–H groups in total. The first-order chi connectivity index (χ1) is 15.0. The third-order valence-corrected chi connectivity index (χ3v) is 5.33. The van der Waals surface area contributed by atoms with Crippen molar-refractivity contribution in [1.29, 1.82) is 0 Å². The van der Waals surface area contributed by atoms with Crippen molar-refractivity contribution >= 4 is 11.7 Å². The number of carbonyl (C=O) groups excluding carboxylic acids is 1. The maximum atomic E-state index is 12.6. The molecule has 8 heteroatoms. The van der Waals surface area contributed by atoms with E-state index in [-0.39, 0.29) is 18.4 Å². The molecule has 1 fully saturated rings. The quantitative estimate of drug-likeness (QED) is 0.604. The highest BCUT2D eigenvalue weighted by Gasteiger charge is 2.25. The zero-order valence-corrected chi connectivity index (χ0v) is 18.1. The molecule has 162 valence electrons. The van der Waals surface area contributed by atoms with E-state index in [4.69, 9.17) is 9.15 Å². The van der Waals surface area contributed by atoms with Gasteiger partial charge in [0, 0.05) is 38.3 Å². The number of rotatable bonds is 6. The molecule has 0 spiro atoms. The van der Waals surface area contributed by atoms with Gasteiger partial charge in [-0.25, -0.2) is 4.98 Å². The van der Waals surface area contributed by atoms with E-state index in [0.717, 1.165) is 22.7 Å². The van der Waals surface area contributed by atoms with Gasteiger partial charge in [-0.1, -0.05) is 32.0 Å². The average molecular weight is 422 g/mol. The van der Waals surface area contributed by atoms with Crippen molar-refractivity contribution in [3.63, 3.8) is 0 Å². The fraction of sp³-hybridized carbons (Fsp3) is 0.391. The van der Waals surface area contributed by atoms with Crippen LogP contribution in [0.5, 0.6) is 5.75 Å². The molecular weight excluding hydrogens is 394 g/mol. The number of hydrogen-bond acceptors (Lipinski definition) is 7. The minimum atomic E-state index is -0.0115. The lowest BCUT2D eigenvalue weighted by atomic mass is 10.2. The number of amides is 1. The first-order valence-corrected chi connectivity index (χ1v) is 10.5. The van der Waals surface area contributed by atoms with Crippen LogP contribution in [-0.2, 0) is 4.79 Å². The number of piperazine rings is 1. The maximum Gasteiger partial charge on any atom is 0.260 e. The van der Waals surface area contributed by atoms with Crippen molar-refractivity contribution in [2.24, 2.45) is 0 Å². The van der Waals surface area contributed by atoms with E-state index in [1.807, 2.05) is 62.1 Å². The van der Waals surface area contributed by atoms with Crippen molar-refractivity contribution in [3.8, 4) is 17.2 Å². The average Bonchev–Trinajstić information content (AvgIpc) is 3.29. The summed E-state index contributed by atoms with van der Waals surface area (Å²) in [6, 6.07) is 11.5. The molecule has 8 nitrogen and oxygen atoms in total. The highest BCUT2D eigenvalue weighted by Crippen LogP contribution is 2.29. The Balaban J connectivity index is 1.39. The predicted octanol–water partition coefficient (Wildman–Crippen LogP) is 3.29. The Labute approximate surface area is 181 Å². The Morgan fingerprint density at radius 2 is 1.87 bits per heavy atom. The van der Waals surface area contributed by atoms with Crippen LogP contribution in [0.25, 0.3) is 11.5 Å². The molecule has 3 heterocycles. The second-order valence-corrected chi connectivity index (χ2v) is 7.90. The normalized spacial score (nSPS) is 14.2. The summed E-state index contributed by atoms with van der Waals surface area (Å²) in [5.41, 5.74) is 1.83. The van der Waals surface area contributed by atoms with Crippen LogP contribution in [0.2, 0.25) is 0 Å². The van der Waals surface area contributed by atoms with Crippen LogP contribution in [0, 0.1) is 6.92 Å². The topological polar surface area (TPSA) is 84.6 Å². The van der Waals surface area contributed by atoms with Crippen molar-refractivity contribution < 1.29 is 13.9 Å². The van der Waals surface area contributed by atoms with Crippen LogP contribution in [0.15, 0.2) is 47.0 Å². The van der Waals surface area contributed by atoms with E-state index in [1.165, 1.54) is 0 Å². The van der Waals surface area contributed by atoms with Crippen LogP contribution in [-0.4, -0.2) is 58.8 Å². The number of pyridine rings is 1. The third kappa shape index (κ3) is 4.68. The zero-order chi connectivity index (χ0) is 21.8. The fourth-order valence-electron chi connectivity index (χ4n) is 3.51. The number of aromatic nitrogens is 3. The van der Waals surface area contributed by atoms with Gasteiger partial charge in [-0.05, 0) is 30.7 Å². The van der Waals surface area contributed by atoms with Crippen LogP contribution >= 0.6 is 0 Å². The first-order valence-electron chi connectivity index (χ1n) is 10.5. The molecule has 0 unspecified atom stereocenters. The van der Waals surface area contributed by atoms with E-state index in [1.54, 1.807) is 6.20 Å². The lowest BCUT2D eigenvalue weighted by Crippen LogP contribution is -2.50. The molecular formula is C23H27N5O3. The Morgan fingerprint density at radius 1 is 1.10 bits per heavy atom. The Bertz CT molecular complexity index is 1040. The largest absolute Gasteiger partial charge is 0.484 e. The molecule has 0 aliphatic carbocycles. The lowest BCUT2D eigenvalue weighted by molar-refractivity contribution is -0.133. The second kappa shape index (κ2) is 9.16. The van der Waals surface area contributed by atoms with Crippen LogP contribution in [0.4, 0.5) is 5.82 Å². The van der Waals surface area contributed by atoms with E-state index >= 15 is 0 Å². The lowest BCUT2D eigenvalue weighted by Gasteiger charge is -2.35. The molecule has 4 rings (SSSR count). The first kappa shape index (κ1) is 20.8. The van der Waals surface area contributed by atoms with Gasteiger partial charge < -0.3 is 19.0 Å². The molecule has 0 radical (unpaired) electrons. The van der Waals surface area contributed by atoms with Gasteiger partial charge in [-0.2, -0.15) is 0 Å². The van der Waals surface area contributed by atoms with Gasteiger partial charge in [-0.3, -0.25) is 4.79 Å². The number of anilines is 1. The fourth-order valence-corrected chi connectivity index (χ4v) is 3.51. The monoisotopic (exact) mass is 421 g/mol. The molecule has 31 heavy (non-hydrogen) atoms. The van der Waals surface area contributed by atoms with E-state index in [0.29, 0.717) is 38.0 Å². The van der Waals surface area contributed by atoms with Crippen molar-refractivity contribution in [1.82, 2.24) is 20.1 Å². The van der Waals surface area contributed by atoms with Crippen molar-refractivity contribution in [3.05, 3.63) is 54.0 Å². The summed E-state index contributed by atoms with van der Waals surface area (Å²) in [4.78, 5) is 21.2. The number of hydrogen-bond donors (Lipinski definition) is 0. The maximum absolute atomic E-state index is 12.6. The molecule has 0 saturated carbocycles. The van der Waals surface area contributed by atoms with Crippen LogP contribution in [0.3, 0.4) is 0 Å². The smallest absolute Gasteiger partial charge is 0.260 e. The summed E-state index contributed by atoms with van der Waals surface area (Å²) in [5.74, 6) is 2.77. The molecule has 1 aliphatic heterocycles. The zero-order valence-electron chi connectivity index (χ0n) is 18.1. The number of para-hydroxylation sites is 1. The number of aryl methyl sites for hydroxylation is 1. The van der Waals surface area contributed by atoms with E-state index in [2.05, 4.69) is 20.1 Å². The summed E-state index contributed by atoms with van der Waals surface area (Å²) >= 11 is 0. The van der Waals surface area contributed by atoms with Crippen LogP contribution in [0.1, 0.15) is 31.2 Å². The van der Waals surface area contributed by atoms with Crippen LogP contribution < -0.4 is 9.64 Å². The minimum absolute atomic E-state index is 0.0115.